The Hall–Kier alpha value is -1.75. The third kappa shape index (κ3) is 2.51. The molecule has 1 aromatic rings. The maximum absolute atomic E-state index is 12.0. The quantitative estimate of drug-likeness (QED) is 0.631. The summed E-state index contributed by atoms with van der Waals surface area (Å²) in [5.41, 5.74) is 1.26. The molecule has 0 radical (unpaired) electrons. The molecule has 5 heteroatoms. The van der Waals surface area contributed by atoms with Gasteiger partial charge in [0.2, 0.25) is 0 Å². The minimum Gasteiger partial charge on any atom is -0.493 e. The van der Waals surface area contributed by atoms with Crippen LogP contribution >= 0.6 is 0 Å². The zero-order valence-corrected chi connectivity index (χ0v) is 11.5. The Morgan fingerprint density at radius 3 is 2.74 bits per heavy atom. The highest BCUT2D eigenvalue weighted by Gasteiger charge is 2.35. The molecule has 1 heterocycles. The van der Waals surface area contributed by atoms with Crippen LogP contribution in [0.1, 0.15) is 41.9 Å². The van der Waals surface area contributed by atoms with E-state index in [4.69, 9.17) is 14.2 Å². The molecule has 0 unspecified atom stereocenters. The summed E-state index contributed by atoms with van der Waals surface area (Å²) in [7, 11) is 3.06. The second kappa shape index (κ2) is 5.93. The molecule has 1 aromatic carbocycles. The van der Waals surface area contributed by atoms with Gasteiger partial charge in [-0.05, 0) is 25.1 Å². The van der Waals surface area contributed by atoms with Crippen LogP contribution in [-0.2, 0) is 4.74 Å². The van der Waals surface area contributed by atoms with E-state index in [-0.39, 0.29) is 5.97 Å². The van der Waals surface area contributed by atoms with Gasteiger partial charge in [-0.25, -0.2) is 4.79 Å². The highest BCUT2D eigenvalue weighted by atomic mass is 16.6. The molecule has 5 nitrogen and oxygen atoms in total. The first-order valence-corrected chi connectivity index (χ1v) is 6.42. The summed E-state index contributed by atoms with van der Waals surface area (Å²) in [4.78, 5) is 12.0. The lowest BCUT2D eigenvalue weighted by Gasteiger charge is -2.13. The van der Waals surface area contributed by atoms with Crippen molar-refractivity contribution in [3.63, 3.8) is 0 Å². The van der Waals surface area contributed by atoms with Crippen molar-refractivity contribution in [1.29, 1.82) is 0 Å². The second-order valence-electron chi connectivity index (χ2n) is 4.36. The van der Waals surface area contributed by atoms with E-state index in [0.29, 0.717) is 17.1 Å². The molecule has 1 N–H and O–H groups in total. The van der Waals surface area contributed by atoms with Crippen molar-refractivity contribution < 1.29 is 19.0 Å². The van der Waals surface area contributed by atoms with Gasteiger partial charge in [0, 0.05) is 5.56 Å². The van der Waals surface area contributed by atoms with Crippen LogP contribution in [0.25, 0.3) is 0 Å². The smallest absolute Gasteiger partial charge is 0.344 e. The molecule has 2 rings (SSSR count). The van der Waals surface area contributed by atoms with Gasteiger partial charge in [0.05, 0.1) is 14.2 Å². The summed E-state index contributed by atoms with van der Waals surface area (Å²) < 4.78 is 15.8. The molecule has 0 fully saturated rings. The fourth-order valence-corrected chi connectivity index (χ4v) is 2.16. The number of hydrogen-bond donors (Lipinski definition) is 1. The van der Waals surface area contributed by atoms with E-state index in [1.807, 2.05) is 6.07 Å². The Morgan fingerprint density at radius 1 is 1.32 bits per heavy atom. The average molecular weight is 265 g/mol. The predicted octanol–water partition coefficient (Wildman–Crippen LogP) is 2.26. The third-order valence-electron chi connectivity index (χ3n) is 3.15. The maximum atomic E-state index is 12.0. The molecule has 1 aliphatic rings. The van der Waals surface area contributed by atoms with E-state index in [1.165, 1.54) is 7.11 Å². The standard InChI is InChI=1S/C14H19NO4/c1-4-5-8-15-13-9-6-7-10(17-2)12(18-3)11(9)14(16)19-13/h6-7,13,15H,4-5,8H2,1-3H3/t13-/m1/s1. The lowest BCUT2D eigenvalue weighted by molar-refractivity contribution is 0.0307. The molecular formula is C14H19NO4. The van der Waals surface area contributed by atoms with Crippen molar-refractivity contribution in [2.24, 2.45) is 0 Å². The van der Waals surface area contributed by atoms with Crippen molar-refractivity contribution in [1.82, 2.24) is 5.32 Å². The van der Waals surface area contributed by atoms with Crippen LogP contribution in [0.15, 0.2) is 12.1 Å². The number of hydrogen-bond acceptors (Lipinski definition) is 5. The van der Waals surface area contributed by atoms with Gasteiger partial charge in [-0.3, -0.25) is 5.32 Å². The largest absolute Gasteiger partial charge is 0.493 e. The van der Waals surface area contributed by atoms with E-state index >= 15 is 0 Å². The Kier molecular flexibility index (Phi) is 4.27. The fraction of sp³-hybridized carbons (Fsp3) is 0.500. The lowest BCUT2D eigenvalue weighted by Crippen LogP contribution is -2.22. The number of fused-ring (bicyclic) bond motifs is 1. The van der Waals surface area contributed by atoms with Crippen LogP contribution in [0, 0.1) is 0 Å². The molecule has 0 aliphatic carbocycles. The molecule has 0 aromatic heterocycles. The number of carbonyl (C=O) groups is 1. The lowest BCUT2D eigenvalue weighted by atomic mass is 10.1. The number of nitrogens with one attached hydrogen (secondary N) is 1. The first-order chi connectivity index (χ1) is 9.22. The Bertz CT molecular complexity index is 473. The molecule has 0 saturated heterocycles. The third-order valence-corrected chi connectivity index (χ3v) is 3.15. The minimum atomic E-state index is -0.395. The zero-order valence-electron chi connectivity index (χ0n) is 11.5. The fourth-order valence-electron chi connectivity index (χ4n) is 2.16. The SMILES string of the molecule is CCCCN[C@@H]1OC(=O)c2c1ccc(OC)c2OC. The molecule has 1 aliphatic heterocycles. The Labute approximate surface area is 112 Å². The number of cyclic esters (lactones) is 1. The van der Waals surface area contributed by atoms with Gasteiger partial charge in [0.15, 0.2) is 17.7 Å². The first-order valence-electron chi connectivity index (χ1n) is 6.42. The van der Waals surface area contributed by atoms with Crippen molar-refractivity contribution >= 4 is 5.97 Å². The molecule has 0 saturated carbocycles. The number of benzene rings is 1. The van der Waals surface area contributed by atoms with Crippen LogP contribution in [0.3, 0.4) is 0 Å². The molecule has 1 atom stereocenters. The monoisotopic (exact) mass is 265 g/mol. The molecule has 104 valence electrons. The van der Waals surface area contributed by atoms with Crippen LogP contribution in [0.5, 0.6) is 11.5 Å². The van der Waals surface area contributed by atoms with Gasteiger partial charge >= 0.3 is 5.97 Å². The molecule has 0 amide bonds. The minimum absolute atomic E-state index is 0.375. The van der Waals surface area contributed by atoms with Crippen LogP contribution in [-0.4, -0.2) is 26.7 Å². The molecule has 19 heavy (non-hydrogen) atoms. The van der Waals surface area contributed by atoms with Gasteiger partial charge < -0.3 is 14.2 Å². The normalized spacial score (nSPS) is 17.0. The van der Waals surface area contributed by atoms with Crippen molar-refractivity contribution in [2.45, 2.75) is 26.0 Å². The summed E-state index contributed by atoms with van der Waals surface area (Å²) in [5, 5.41) is 3.22. The van der Waals surface area contributed by atoms with Crippen LogP contribution < -0.4 is 14.8 Å². The highest BCUT2D eigenvalue weighted by molar-refractivity contribution is 5.98. The van der Waals surface area contributed by atoms with Crippen molar-refractivity contribution in [3.05, 3.63) is 23.3 Å². The van der Waals surface area contributed by atoms with Crippen molar-refractivity contribution in [2.75, 3.05) is 20.8 Å². The Balaban J connectivity index is 2.30. The zero-order chi connectivity index (χ0) is 13.8. The van der Waals surface area contributed by atoms with Gasteiger partial charge in [-0.1, -0.05) is 13.3 Å². The first kappa shape index (κ1) is 13.7. The van der Waals surface area contributed by atoms with Gasteiger partial charge in [0.25, 0.3) is 0 Å². The van der Waals surface area contributed by atoms with E-state index in [9.17, 15) is 4.79 Å². The molecule has 0 bridgehead atoms. The number of rotatable bonds is 6. The van der Waals surface area contributed by atoms with E-state index in [0.717, 1.165) is 24.9 Å². The summed E-state index contributed by atoms with van der Waals surface area (Å²) in [6.45, 7) is 2.92. The molecular weight excluding hydrogens is 246 g/mol. The number of unbranched alkanes of at least 4 members (excludes halogenated alkanes) is 1. The van der Waals surface area contributed by atoms with Gasteiger partial charge in [-0.15, -0.1) is 0 Å². The number of esters is 1. The maximum Gasteiger partial charge on any atom is 0.344 e. The summed E-state index contributed by atoms with van der Waals surface area (Å²) in [5.74, 6) is 0.594. The van der Waals surface area contributed by atoms with Crippen LogP contribution in [0.4, 0.5) is 0 Å². The highest BCUT2D eigenvalue weighted by Crippen LogP contribution is 2.40. The van der Waals surface area contributed by atoms with Gasteiger partial charge in [-0.2, -0.15) is 0 Å². The Morgan fingerprint density at radius 2 is 2.11 bits per heavy atom. The predicted molar refractivity (Wildman–Crippen MR) is 70.6 cm³/mol. The second-order valence-corrected chi connectivity index (χ2v) is 4.36. The topological polar surface area (TPSA) is 56.8 Å². The summed E-state index contributed by atoms with van der Waals surface area (Å²) >= 11 is 0. The average Bonchev–Trinajstić information content (AvgIpc) is 2.75. The van der Waals surface area contributed by atoms with E-state index in [2.05, 4.69) is 12.2 Å². The van der Waals surface area contributed by atoms with E-state index in [1.54, 1.807) is 13.2 Å². The summed E-state index contributed by atoms with van der Waals surface area (Å²) in [6, 6.07) is 3.62. The number of methoxy groups -OCH3 is 2. The van der Waals surface area contributed by atoms with E-state index < -0.39 is 6.23 Å². The van der Waals surface area contributed by atoms with Crippen molar-refractivity contribution in [3.8, 4) is 11.5 Å². The van der Waals surface area contributed by atoms with Gasteiger partial charge in [0.1, 0.15) is 5.56 Å². The number of carbonyl (C=O) groups excluding carboxylic acids is 1. The number of ether oxygens (including phenoxy) is 3. The summed E-state index contributed by atoms with van der Waals surface area (Å²) in [6.07, 6.45) is 1.73. The molecule has 0 spiro atoms. The van der Waals surface area contributed by atoms with Crippen LogP contribution in [0.2, 0.25) is 0 Å².